The molecule has 0 bridgehead atoms. The summed E-state index contributed by atoms with van der Waals surface area (Å²) in [5.41, 5.74) is 8.89. The van der Waals surface area contributed by atoms with Gasteiger partial charge < -0.3 is 4.57 Å². The normalized spacial score (nSPS) is 9.67. The third-order valence-electron chi connectivity index (χ3n) is 1.97. The van der Waals surface area contributed by atoms with E-state index < -0.39 is 5.82 Å². The molecule has 0 saturated heterocycles. The highest BCUT2D eigenvalue weighted by Crippen LogP contribution is 2.20. The molecule has 74 valence electrons. The predicted molar refractivity (Wildman–Crippen MR) is 54.5 cm³/mol. The summed E-state index contributed by atoms with van der Waals surface area (Å²) in [5.74, 6) is -0.420. The molecule has 2 rings (SSSR count). The van der Waals surface area contributed by atoms with Gasteiger partial charge in [-0.2, -0.15) is 0 Å². The number of azide groups is 1. The van der Waals surface area contributed by atoms with Crippen LogP contribution in [0.25, 0.3) is 16.1 Å². The molecule has 0 N–H and O–H groups in total. The van der Waals surface area contributed by atoms with Crippen LogP contribution in [0.4, 0.5) is 10.1 Å². The zero-order valence-corrected chi connectivity index (χ0v) is 7.71. The highest BCUT2D eigenvalue weighted by Gasteiger charge is 2.03. The average Bonchev–Trinajstić information content (AvgIpc) is 2.71. The van der Waals surface area contributed by atoms with E-state index in [2.05, 4.69) is 10.0 Å². The molecule has 1 aromatic heterocycles. The quantitative estimate of drug-likeness (QED) is 0.406. The molecule has 0 amide bonds. The summed E-state index contributed by atoms with van der Waals surface area (Å²) in [6.07, 6.45) is 3.48. The van der Waals surface area contributed by atoms with Crippen LogP contribution in [-0.2, 0) is 0 Å². The lowest BCUT2D eigenvalue weighted by atomic mass is 10.2. The van der Waals surface area contributed by atoms with Gasteiger partial charge in [-0.1, -0.05) is 11.2 Å². The first-order valence-corrected chi connectivity index (χ1v) is 4.29. The summed E-state index contributed by atoms with van der Waals surface area (Å²) >= 11 is 0. The Hall–Kier alpha value is -2.26. The van der Waals surface area contributed by atoms with Crippen molar-refractivity contribution in [1.29, 1.82) is 0 Å². The first-order chi connectivity index (χ1) is 7.31. The van der Waals surface area contributed by atoms with E-state index in [1.165, 1.54) is 6.07 Å². The molecule has 0 spiro atoms. The molecule has 4 nitrogen and oxygen atoms in total. The summed E-state index contributed by atoms with van der Waals surface area (Å²) in [7, 11) is 0. The smallest absolute Gasteiger partial charge is 0.147 e. The molecule has 5 heteroatoms. The number of aromatic nitrogens is 1. The molecule has 0 fully saturated rings. The van der Waals surface area contributed by atoms with Crippen molar-refractivity contribution < 1.29 is 4.39 Å². The SMILES string of the molecule is [N-]=[N+]=Nc1ccc(-n2cccc2)c(F)c1. The molecule has 0 radical (unpaired) electrons. The minimum Gasteiger partial charge on any atom is -0.321 e. The lowest BCUT2D eigenvalue weighted by Crippen LogP contribution is -1.93. The van der Waals surface area contributed by atoms with E-state index in [9.17, 15) is 4.39 Å². The third kappa shape index (κ3) is 1.82. The van der Waals surface area contributed by atoms with Crippen LogP contribution in [-0.4, -0.2) is 4.57 Å². The van der Waals surface area contributed by atoms with Gasteiger partial charge in [-0.25, -0.2) is 4.39 Å². The van der Waals surface area contributed by atoms with Gasteiger partial charge in [-0.3, -0.25) is 0 Å². The molecule has 0 atom stereocenters. The molecule has 0 aliphatic carbocycles. The Morgan fingerprint density at radius 2 is 2.00 bits per heavy atom. The van der Waals surface area contributed by atoms with Crippen LogP contribution in [0.2, 0.25) is 0 Å². The number of rotatable bonds is 2. The fourth-order valence-electron chi connectivity index (χ4n) is 1.31. The molecular weight excluding hydrogens is 195 g/mol. The van der Waals surface area contributed by atoms with E-state index in [0.29, 0.717) is 5.69 Å². The molecule has 1 aromatic carbocycles. The van der Waals surface area contributed by atoms with Crippen molar-refractivity contribution in [3.63, 3.8) is 0 Å². The van der Waals surface area contributed by atoms with Gasteiger partial charge in [0.2, 0.25) is 0 Å². The monoisotopic (exact) mass is 202 g/mol. The second kappa shape index (κ2) is 3.86. The maximum Gasteiger partial charge on any atom is 0.147 e. The summed E-state index contributed by atoms with van der Waals surface area (Å²) in [5, 5.41) is 3.32. The molecule has 0 aliphatic rings. The van der Waals surface area contributed by atoms with E-state index in [1.54, 1.807) is 41.2 Å². The Bertz CT molecular complexity index is 512. The fraction of sp³-hybridized carbons (Fsp3) is 0. The Kier molecular flexibility index (Phi) is 2.39. The Morgan fingerprint density at radius 3 is 2.60 bits per heavy atom. The van der Waals surface area contributed by atoms with Gasteiger partial charge >= 0.3 is 0 Å². The van der Waals surface area contributed by atoms with Crippen molar-refractivity contribution in [2.75, 3.05) is 0 Å². The minimum atomic E-state index is -0.420. The van der Waals surface area contributed by atoms with Crippen LogP contribution in [0, 0.1) is 5.82 Å². The van der Waals surface area contributed by atoms with E-state index in [0.717, 1.165) is 0 Å². The van der Waals surface area contributed by atoms with Crippen molar-refractivity contribution >= 4 is 5.69 Å². The highest BCUT2D eigenvalue weighted by molar-refractivity contribution is 5.46. The van der Waals surface area contributed by atoms with Crippen LogP contribution in [0.15, 0.2) is 47.8 Å². The lowest BCUT2D eigenvalue weighted by molar-refractivity contribution is 0.618. The molecule has 0 unspecified atom stereocenters. The van der Waals surface area contributed by atoms with E-state index in [-0.39, 0.29) is 5.69 Å². The van der Waals surface area contributed by atoms with Gasteiger partial charge in [-0.15, -0.1) is 0 Å². The summed E-state index contributed by atoms with van der Waals surface area (Å²) in [6.45, 7) is 0. The average molecular weight is 202 g/mol. The van der Waals surface area contributed by atoms with Crippen LogP contribution < -0.4 is 0 Å². The summed E-state index contributed by atoms with van der Waals surface area (Å²) in [6, 6.07) is 7.95. The third-order valence-corrected chi connectivity index (χ3v) is 1.97. The highest BCUT2D eigenvalue weighted by atomic mass is 19.1. The van der Waals surface area contributed by atoms with E-state index >= 15 is 0 Å². The molecule has 15 heavy (non-hydrogen) atoms. The topological polar surface area (TPSA) is 53.7 Å². The molecule has 2 aromatic rings. The van der Waals surface area contributed by atoms with Crippen molar-refractivity contribution in [2.24, 2.45) is 5.11 Å². The van der Waals surface area contributed by atoms with E-state index in [1.807, 2.05) is 0 Å². The fourth-order valence-corrected chi connectivity index (χ4v) is 1.31. The molecular formula is C10H7FN4. The zero-order valence-electron chi connectivity index (χ0n) is 7.71. The lowest BCUT2D eigenvalue weighted by Gasteiger charge is -2.04. The van der Waals surface area contributed by atoms with Crippen LogP contribution >= 0.6 is 0 Å². The number of halogens is 1. The molecule has 0 aliphatic heterocycles. The minimum absolute atomic E-state index is 0.269. The van der Waals surface area contributed by atoms with Crippen molar-refractivity contribution in [3.05, 3.63) is 59.0 Å². The maximum atomic E-state index is 13.5. The molecule has 0 saturated carbocycles. The molecule has 1 heterocycles. The van der Waals surface area contributed by atoms with Gasteiger partial charge in [0.25, 0.3) is 0 Å². The standard InChI is InChI=1S/C10H7FN4/c11-9-7-8(13-14-12)3-4-10(9)15-5-1-2-6-15/h1-7H. The van der Waals surface area contributed by atoms with Gasteiger partial charge in [0.05, 0.1) is 5.69 Å². The predicted octanol–water partition coefficient (Wildman–Crippen LogP) is 3.56. The van der Waals surface area contributed by atoms with Crippen LogP contribution in [0.3, 0.4) is 0 Å². The van der Waals surface area contributed by atoms with Crippen LogP contribution in [0.1, 0.15) is 0 Å². The first kappa shape index (κ1) is 9.30. The van der Waals surface area contributed by atoms with Gasteiger partial charge in [0, 0.05) is 23.0 Å². The Morgan fingerprint density at radius 1 is 1.27 bits per heavy atom. The number of nitrogens with zero attached hydrogens (tertiary/aromatic N) is 4. The van der Waals surface area contributed by atoms with Gasteiger partial charge in [0.1, 0.15) is 5.82 Å². The van der Waals surface area contributed by atoms with Crippen molar-refractivity contribution in [2.45, 2.75) is 0 Å². The largest absolute Gasteiger partial charge is 0.321 e. The number of hydrogen-bond acceptors (Lipinski definition) is 1. The Labute approximate surface area is 85.2 Å². The van der Waals surface area contributed by atoms with Gasteiger partial charge in [0.15, 0.2) is 0 Å². The first-order valence-electron chi connectivity index (χ1n) is 4.29. The van der Waals surface area contributed by atoms with Gasteiger partial charge in [-0.05, 0) is 29.8 Å². The van der Waals surface area contributed by atoms with E-state index in [4.69, 9.17) is 5.53 Å². The maximum absolute atomic E-state index is 13.5. The second-order valence-electron chi connectivity index (χ2n) is 2.92. The zero-order chi connectivity index (χ0) is 10.7. The van der Waals surface area contributed by atoms with Crippen LogP contribution in [0.5, 0.6) is 0 Å². The Balaban J connectivity index is 2.48. The number of benzene rings is 1. The van der Waals surface area contributed by atoms with Crippen molar-refractivity contribution in [1.82, 2.24) is 4.57 Å². The summed E-state index contributed by atoms with van der Waals surface area (Å²) < 4.78 is 15.2. The summed E-state index contributed by atoms with van der Waals surface area (Å²) in [4.78, 5) is 2.59. The number of hydrogen-bond donors (Lipinski definition) is 0. The van der Waals surface area contributed by atoms with Crippen molar-refractivity contribution in [3.8, 4) is 5.69 Å². The second-order valence-corrected chi connectivity index (χ2v) is 2.92.